The quantitative estimate of drug-likeness (QED) is 0.789. The first-order valence-corrected chi connectivity index (χ1v) is 7.09. The Morgan fingerprint density at radius 3 is 2.56 bits per heavy atom. The summed E-state index contributed by atoms with van der Waals surface area (Å²) in [5.41, 5.74) is 0. The van der Waals surface area contributed by atoms with Crippen molar-refractivity contribution in [1.29, 1.82) is 0 Å². The van der Waals surface area contributed by atoms with Crippen LogP contribution in [0.25, 0.3) is 0 Å². The highest BCUT2D eigenvalue weighted by molar-refractivity contribution is 4.92. The van der Waals surface area contributed by atoms with Crippen LogP contribution in [0, 0.1) is 11.8 Å². The van der Waals surface area contributed by atoms with Gasteiger partial charge in [-0.15, -0.1) is 0 Å². The average molecular weight is 224 g/mol. The summed E-state index contributed by atoms with van der Waals surface area (Å²) < 4.78 is 0. The maximum atomic E-state index is 3.34. The van der Waals surface area contributed by atoms with Crippen LogP contribution >= 0.6 is 0 Å². The summed E-state index contributed by atoms with van der Waals surface area (Å²) in [6, 6.07) is 1.73. The number of hydrogen-bond acceptors (Lipinski definition) is 2. The molecule has 2 saturated carbocycles. The van der Waals surface area contributed by atoms with Gasteiger partial charge in [-0.2, -0.15) is 0 Å². The molecular weight excluding hydrogens is 196 g/mol. The monoisotopic (exact) mass is 224 g/mol. The Morgan fingerprint density at radius 2 is 2.00 bits per heavy atom. The molecular formula is C14H28N2. The third kappa shape index (κ3) is 2.60. The smallest absolute Gasteiger partial charge is 0.0136 e. The number of rotatable bonds is 4. The molecule has 2 aliphatic carbocycles. The van der Waals surface area contributed by atoms with Crippen molar-refractivity contribution < 1.29 is 0 Å². The van der Waals surface area contributed by atoms with Crippen LogP contribution in [0.5, 0.6) is 0 Å². The molecule has 0 amide bonds. The van der Waals surface area contributed by atoms with Crippen molar-refractivity contribution in [1.82, 2.24) is 10.2 Å². The average Bonchev–Trinajstić information content (AvgIpc) is 2.24. The van der Waals surface area contributed by atoms with Gasteiger partial charge in [-0.3, -0.25) is 0 Å². The van der Waals surface area contributed by atoms with Crippen LogP contribution < -0.4 is 5.32 Å². The first kappa shape index (κ1) is 12.4. The fourth-order valence-electron chi connectivity index (χ4n) is 3.63. The van der Waals surface area contributed by atoms with E-state index in [1.54, 1.807) is 0 Å². The van der Waals surface area contributed by atoms with Crippen molar-refractivity contribution in [3.8, 4) is 0 Å². The molecule has 2 aliphatic rings. The van der Waals surface area contributed by atoms with Gasteiger partial charge in [0.2, 0.25) is 0 Å². The molecule has 0 spiro atoms. The fourth-order valence-corrected chi connectivity index (χ4v) is 3.63. The zero-order valence-corrected chi connectivity index (χ0v) is 11.2. The number of hydrogen-bond donors (Lipinski definition) is 1. The lowest BCUT2D eigenvalue weighted by Gasteiger charge is -2.47. The molecule has 0 radical (unpaired) electrons. The molecule has 94 valence electrons. The van der Waals surface area contributed by atoms with Gasteiger partial charge in [0.25, 0.3) is 0 Å². The van der Waals surface area contributed by atoms with Crippen LogP contribution in [0.4, 0.5) is 0 Å². The van der Waals surface area contributed by atoms with E-state index in [-0.39, 0.29) is 0 Å². The molecule has 1 N–H and O–H groups in total. The highest BCUT2D eigenvalue weighted by Gasteiger charge is 2.36. The summed E-state index contributed by atoms with van der Waals surface area (Å²) in [5.74, 6) is 1.86. The minimum absolute atomic E-state index is 0.864. The van der Waals surface area contributed by atoms with Crippen molar-refractivity contribution in [2.24, 2.45) is 11.8 Å². The molecule has 0 bridgehead atoms. The van der Waals surface area contributed by atoms with Crippen LogP contribution in [0.3, 0.4) is 0 Å². The van der Waals surface area contributed by atoms with Crippen LogP contribution in [0.15, 0.2) is 0 Å². The second-order valence-electron chi connectivity index (χ2n) is 6.05. The van der Waals surface area contributed by atoms with Gasteiger partial charge in [-0.05, 0) is 58.2 Å². The molecule has 0 heterocycles. The van der Waals surface area contributed by atoms with Crippen molar-refractivity contribution in [3.63, 3.8) is 0 Å². The molecule has 2 rings (SSSR count). The van der Waals surface area contributed by atoms with Gasteiger partial charge in [0.05, 0.1) is 0 Å². The van der Waals surface area contributed by atoms with E-state index in [1.165, 1.54) is 45.1 Å². The second kappa shape index (κ2) is 5.50. The molecule has 2 nitrogen and oxygen atoms in total. The molecule has 0 aromatic heterocycles. The SMILES string of the molecule is CNCC1CCC1N(C)C1CCCC(C)C1. The molecule has 2 heteroatoms. The fraction of sp³-hybridized carbons (Fsp3) is 1.00. The number of nitrogens with one attached hydrogen (secondary N) is 1. The van der Waals surface area contributed by atoms with E-state index < -0.39 is 0 Å². The zero-order chi connectivity index (χ0) is 11.5. The Balaban J connectivity index is 1.84. The van der Waals surface area contributed by atoms with Gasteiger partial charge in [0.1, 0.15) is 0 Å². The third-order valence-electron chi connectivity index (χ3n) is 4.85. The standard InChI is InChI=1S/C14H28N2/c1-11-5-4-6-13(9-11)16(3)14-8-7-12(14)10-15-2/h11-15H,4-10H2,1-3H3. The Bertz CT molecular complexity index is 217. The van der Waals surface area contributed by atoms with E-state index in [0.29, 0.717) is 0 Å². The predicted octanol–water partition coefficient (Wildman–Crippen LogP) is 2.49. The Kier molecular flexibility index (Phi) is 4.26. The van der Waals surface area contributed by atoms with E-state index in [2.05, 4.69) is 31.2 Å². The van der Waals surface area contributed by atoms with E-state index in [9.17, 15) is 0 Å². The van der Waals surface area contributed by atoms with Gasteiger partial charge in [0.15, 0.2) is 0 Å². The third-order valence-corrected chi connectivity index (χ3v) is 4.85. The van der Waals surface area contributed by atoms with E-state index in [0.717, 1.165) is 23.9 Å². The minimum Gasteiger partial charge on any atom is -0.319 e. The van der Waals surface area contributed by atoms with Crippen LogP contribution in [0.1, 0.15) is 45.4 Å². The maximum Gasteiger partial charge on any atom is 0.0136 e. The summed E-state index contributed by atoms with van der Waals surface area (Å²) in [5, 5.41) is 3.34. The van der Waals surface area contributed by atoms with Crippen LogP contribution in [0.2, 0.25) is 0 Å². The first-order chi connectivity index (χ1) is 7.72. The van der Waals surface area contributed by atoms with Gasteiger partial charge >= 0.3 is 0 Å². The summed E-state index contributed by atoms with van der Waals surface area (Å²) in [6.07, 6.45) is 8.61. The summed E-state index contributed by atoms with van der Waals surface area (Å²) in [6.45, 7) is 3.63. The van der Waals surface area contributed by atoms with Gasteiger partial charge in [-0.25, -0.2) is 0 Å². The van der Waals surface area contributed by atoms with Crippen molar-refractivity contribution in [3.05, 3.63) is 0 Å². The van der Waals surface area contributed by atoms with Gasteiger partial charge in [-0.1, -0.05) is 19.8 Å². The van der Waals surface area contributed by atoms with Crippen molar-refractivity contribution in [2.75, 3.05) is 20.6 Å². The van der Waals surface area contributed by atoms with Crippen molar-refractivity contribution in [2.45, 2.75) is 57.5 Å². The lowest BCUT2D eigenvalue weighted by atomic mass is 9.76. The molecule has 4 atom stereocenters. The normalized spacial score (nSPS) is 39.8. The lowest BCUT2D eigenvalue weighted by Crippen LogP contribution is -2.53. The predicted molar refractivity (Wildman–Crippen MR) is 69.6 cm³/mol. The molecule has 16 heavy (non-hydrogen) atoms. The van der Waals surface area contributed by atoms with E-state index in [4.69, 9.17) is 0 Å². The highest BCUT2D eigenvalue weighted by atomic mass is 15.2. The Labute approximate surface area is 101 Å². The Morgan fingerprint density at radius 1 is 1.19 bits per heavy atom. The molecule has 2 fully saturated rings. The van der Waals surface area contributed by atoms with Crippen LogP contribution in [-0.4, -0.2) is 37.6 Å². The van der Waals surface area contributed by atoms with Crippen LogP contribution in [-0.2, 0) is 0 Å². The maximum absolute atomic E-state index is 3.34. The first-order valence-electron chi connectivity index (χ1n) is 7.09. The summed E-state index contributed by atoms with van der Waals surface area (Å²) >= 11 is 0. The molecule has 0 aliphatic heterocycles. The van der Waals surface area contributed by atoms with Gasteiger partial charge in [0, 0.05) is 12.1 Å². The molecule has 0 aromatic rings. The Hall–Kier alpha value is -0.0800. The zero-order valence-electron chi connectivity index (χ0n) is 11.2. The van der Waals surface area contributed by atoms with E-state index in [1.807, 2.05) is 0 Å². The lowest BCUT2D eigenvalue weighted by molar-refractivity contribution is 0.0295. The topological polar surface area (TPSA) is 15.3 Å². The van der Waals surface area contributed by atoms with E-state index >= 15 is 0 Å². The minimum atomic E-state index is 0.864. The van der Waals surface area contributed by atoms with Crippen molar-refractivity contribution >= 4 is 0 Å². The summed E-state index contributed by atoms with van der Waals surface area (Å²) in [7, 11) is 4.45. The molecule has 0 aromatic carbocycles. The largest absolute Gasteiger partial charge is 0.319 e. The number of nitrogens with zero attached hydrogens (tertiary/aromatic N) is 1. The molecule has 0 saturated heterocycles. The second-order valence-corrected chi connectivity index (χ2v) is 6.05. The summed E-state index contributed by atoms with van der Waals surface area (Å²) in [4.78, 5) is 2.71. The highest BCUT2D eigenvalue weighted by Crippen LogP contribution is 2.36. The molecule has 4 unspecified atom stereocenters. The van der Waals surface area contributed by atoms with Gasteiger partial charge < -0.3 is 10.2 Å².